The van der Waals surface area contributed by atoms with Gasteiger partial charge in [0.1, 0.15) is 11.5 Å². The molecule has 0 radical (unpaired) electrons. The number of amides is 2. The zero-order chi connectivity index (χ0) is 22.4. The van der Waals surface area contributed by atoms with E-state index in [9.17, 15) is 9.59 Å². The van der Waals surface area contributed by atoms with Gasteiger partial charge in [-0.2, -0.15) is 0 Å². The second-order valence-corrected chi connectivity index (χ2v) is 8.12. The average Bonchev–Trinajstić information content (AvgIpc) is 3.24. The van der Waals surface area contributed by atoms with Crippen LogP contribution in [0.3, 0.4) is 0 Å². The van der Waals surface area contributed by atoms with E-state index in [1.54, 1.807) is 43.4 Å². The summed E-state index contributed by atoms with van der Waals surface area (Å²) in [5, 5.41) is 3.61. The van der Waals surface area contributed by atoms with Gasteiger partial charge in [-0.3, -0.25) is 9.59 Å². The maximum Gasteiger partial charge on any atom is 0.253 e. The van der Waals surface area contributed by atoms with Crippen molar-refractivity contribution in [2.75, 3.05) is 33.9 Å². The van der Waals surface area contributed by atoms with Gasteiger partial charge in [0.05, 0.1) is 20.1 Å². The topological polar surface area (TPSA) is 67.9 Å². The van der Waals surface area contributed by atoms with Crippen LogP contribution in [0.25, 0.3) is 0 Å². The van der Waals surface area contributed by atoms with Crippen LogP contribution in [0.1, 0.15) is 41.6 Å². The Balaban J connectivity index is 1.89. The average molecular weight is 445 g/mol. The van der Waals surface area contributed by atoms with Gasteiger partial charge >= 0.3 is 0 Å². The summed E-state index contributed by atoms with van der Waals surface area (Å²) in [7, 11) is 3.20. The summed E-state index contributed by atoms with van der Waals surface area (Å²) in [5.41, 5.74) is 1.45. The monoisotopic (exact) mass is 444 g/mol. The van der Waals surface area contributed by atoms with E-state index in [2.05, 4.69) is 12.2 Å². The summed E-state index contributed by atoms with van der Waals surface area (Å²) >= 11 is 5.96. The predicted molar refractivity (Wildman–Crippen MR) is 121 cm³/mol. The number of unbranched alkanes of at least 4 members (excludes halogenated alkanes) is 1. The summed E-state index contributed by atoms with van der Waals surface area (Å²) in [6, 6.07) is 12.4. The van der Waals surface area contributed by atoms with Crippen LogP contribution in [0, 0.1) is 5.92 Å². The highest BCUT2D eigenvalue weighted by atomic mass is 35.5. The van der Waals surface area contributed by atoms with Crippen molar-refractivity contribution < 1.29 is 19.1 Å². The lowest BCUT2D eigenvalue weighted by atomic mass is 9.87. The van der Waals surface area contributed by atoms with Crippen molar-refractivity contribution in [2.24, 2.45) is 5.92 Å². The number of nitrogens with zero attached hydrogens (tertiary/aromatic N) is 1. The van der Waals surface area contributed by atoms with Crippen molar-refractivity contribution in [1.82, 2.24) is 10.2 Å². The normalized spacial score (nSPS) is 18.0. The van der Waals surface area contributed by atoms with Crippen molar-refractivity contribution in [3.63, 3.8) is 0 Å². The number of halogens is 1. The van der Waals surface area contributed by atoms with Gasteiger partial charge in [-0.05, 0) is 36.8 Å². The molecule has 166 valence electrons. The lowest BCUT2D eigenvalue weighted by Gasteiger charge is -2.21. The van der Waals surface area contributed by atoms with Gasteiger partial charge < -0.3 is 19.7 Å². The molecule has 7 heteroatoms. The molecule has 0 spiro atoms. The van der Waals surface area contributed by atoms with Crippen molar-refractivity contribution in [2.45, 2.75) is 25.7 Å². The van der Waals surface area contributed by atoms with Gasteiger partial charge in [0.25, 0.3) is 5.91 Å². The van der Waals surface area contributed by atoms with Crippen molar-refractivity contribution >= 4 is 23.4 Å². The fraction of sp³-hybridized carbons (Fsp3) is 0.417. The number of rotatable bonds is 8. The molecule has 1 fully saturated rings. The van der Waals surface area contributed by atoms with Crippen molar-refractivity contribution in [1.29, 1.82) is 0 Å². The summed E-state index contributed by atoms with van der Waals surface area (Å²) in [6.07, 6.45) is 1.92. The maximum absolute atomic E-state index is 13.1. The van der Waals surface area contributed by atoms with Crippen LogP contribution in [-0.4, -0.2) is 50.6 Å². The molecule has 3 rings (SSSR count). The minimum atomic E-state index is -0.365. The molecule has 2 atom stereocenters. The van der Waals surface area contributed by atoms with Crippen LogP contribution >= 0.6 is 11.6 Å². The van der Waals surface area contributed by atoms with E-state index in [0.29, 0.717) is 41.7 Å². The van der Waals surface area contributed by atoms with Crippen molar-refractivity contribution in [3.05, 3.63) is 58.6 Å². The summed E-state index contributed by atoms with van der Waals surface area (Å²) in [4.78, 5) is 27.9. The molecule has 2 aromatic carbocycles. The van der Waals surface area contributed by atoms with E-state index in [-0.39, 0.29) is 23.7 Å². The third-order valence-electron chi connectivity index (χ3n) is 5.70. The lowest BCUT2D eigenvalue weighted by molar-refractivity contribution is -0.124. The number of carbonyl (C=O) groups is 2. The Hall–Kier alpha value is -2.73. The molecule has 0 saturated carbocycles. The van der Waals surface area contributed by atoms with Gasteiger partial charge in [0.2, 0.25) is 5.91 Å². The first-order valence-corrected chi connectivity index (χ1v) is 10.9. The Morgan fingerprint density at radius 2 is 1.84 bits per heavy atom. The number of carbonyl (C=O) groups excluding carboxylic acids is 2. The zero-order valence-electron chi connectivity index (χ0n) is 18.2. The second-order valence-electron chi connectivity index (χ2n) is 7.68. The predicted octanol–water partition coefficient (Wildman–Crippen LogP) is 4.13. The molecule has 0 aromatic heterocycles. The molecule has 1 saturated heterocycles. The Kier molecular flexibility index (Phi) is 7.80. The van der Waals surface area contributed by atoms with E-state index in [0.717, 1.165) is 18.4 Å². The fourth-order valence-electron chi connectivity index (χ4n) is 3.97. The molecular formula is C24H29ClN2O4. The van der Waals surface area contributed by atoms with E-state index in [1.165, 1.54) is 0 Å². The minimum Gasteiger partial charge on any atom is -0.497 e. The van der Waals surface area contributed by atoms with E-state index < -0.39 is 0 Å². The Labute approximate surface area is 188 Å². The van der Waals surface area contributed by atoms with E-state index in [1.807, 2.05) is 18.2 Å². The van der Waals surface area contributed by atoms with Crippen LogP contribution in [0.5, 0.6) is 11.5 Å². The molecule has 1 N–H and O–H groups in total. The number of likely N-dealkylation sites (tertiary alicyclic amines) is 1. The van der Waals surface area contributed by atoms with Gasteiger partial charge in [-0.1, -0.05) is 31.0 Å². The van der Waals surface area contributed by atoms with Gasteiger partial charge in [0, 0.05) is 47.8 Å². The molecule has 0 bridgehead atoms. The third kappa shape index (κ3) is 5.31. The highest BCUT2D eigenvalue weighted by Gasteiger charge is 2.41. The van der Waals surface area contributed by atoms with E-state index in [4.69, 9.17) is 21.1 Å². The quantitative estimate of drug-likeness (QED) is 0.621. The first-order chi connectivity index (χ1) is 15.0. The molecule has 31 heavy (non-hydrogen) atoms. The summed E-state index contributed by atoms with van der Waals surface area (Å²) in [6.45, 7) is 3.48. The van der Waals surface area contributed by atoms with E-state index >= 15 is 0 Å². The zero-order valence-corrected chi connectivity index (χ0v) is 18.9. The lowest BCUT2D eigenvalue weighted by Crippen LogP contribution is -2.36. The number of methoxy groups -OCH3 is 2. The third-order valence-corrected chi connectivity index (χ3v) is 5.96. The molecule has 0 unspecified atom stereocenters. The fourth-order valence-corrected chi connectivity index (χ4v) is 4.10. The van der Waals surface area contributed by atoms with Gasteiger partial charge in [0.15, 0.2) is 0 Å². The van der Waals surface area contributed by atoms with Gasteiger partial charge in [-0.25, -0.2) is 0 Å². The molecular weight excluding hydrogens is 416 g/mol. The van der Waals surface area contributed by atoms with Crippen LogP contribution in [-0.2, 0) is 4.79 Å². The first-order valence-electron chi connectivity index (χ1n) is 10.5. The van der Waals surface area contributed by atoms with Gasteiger partial charge in [-0.15, -0.1) is 0 Å². The highest BCUT2D eigenvalue weighted by Crippen LogP contribution is 2.39. The SMILES string of the molecule is CCCCNC(=O)[C@H]1CN(C(=O)c2ccc(Cl)cc2)C[C@H]1c1ccc(OC)cc1OC. The first kappa shape index (κ1) is 22.9. The summed E-state index contributed by atoms with van der Waals surface area (Å²) < 4.78 is 10.9. The molecule has 6 nitrogen and oxygen atoms in total. The standard InChI is InChI=1S/C24H29ClN2O4/c1-4-5-12-26-23(28)21-15-27(24(29)16-6-8-17(25)9-7-16)14-20(21)19-11-10-18(30-2)13-22(19)31-3/h6-11,13,20-21H,4-5,12,14-15H2,1-3H3,(H,26,28)/t20-,21-/m0/s1. The van der Waals surface area contributed by atoms with Crippen LogP contribution in [0.15, 0.2) is 42.5 Å². The molecule has 1 aliphatic heterocycles. The second kappa shape index (κ2) is 10.5. The van der Waals surface area contributed by atoms with Crippen LogP contribution in [0.2, 0.25) is 5.02 Å². The molecule has 2 aromatic rings. The largest absolute Gasteiger partial charge is 0.497 e. The number of hydrogen-bond donors (Lipinski definition) is 1. The summed E-state index contributed by atoms with van der Waals surface area (Å²) in [5.74, 6) is 0.628. The molecule has 0 aliphatic carbocycles. The number of benzene rings is 2. The maximum atomic E-state index is 13.1. The molecule has 1 heterocycles. The van der Waals surface area contributed by atoms with Crippen LogP contribution in [0.4, 0.5) is 0 Å². The number of ether oxygens (including phenoxy) is 2. The minimum absolute atomic E-state index is 0.0391. The molecule has 1 aliphatic rings. The molecule has 2 amide bonds. The van der Waals surface area contributed by atoms with Crippen molar-refractivity contribution in [3.8, 4) is 11.5 Å². The highest BCUT2D eigenvalue weighted by molar-refractivity contribution is 6.30. The smallest absolute Gasteiger partial charge is 0.253 e. The number of nitrogens with one attached hydrogen (secondary N) is 1. The Bertz CT molecular complexity index is 916. The van der Waals surface area contributed by atoms with Crippen LogP contribution < -0.4 is 14.8 Å². The Morgan fingerprint density at radius 1 is 1.10 bits per heavy atom. The Morgan fingerprint density at radius 3 is 2.48 bits per heavy atom. The number of hydrogen-bond acceptors (Lipinski definition) is 4.